The van der Waals surface area contributed by atoms with Crippen LogP contribution in [0.2, 0.25) is 5.02 Å². The summed E-state index contributed by atoms with van der Waals surface area (Å²) in [7, 11) is 1.61. The molecule has 0 aliphatic heterocycles. The summed E-state index contributed by atoms with van der Waals surface area (Å²) >= 11 is 6.05. The maximum absolute atomic E-state index is 11.1. The van der Waals surface area contributed by atoms with Gasteiger partial charge in [0, 0.05) is 17.8 Å². The van der Waals surface area contributed by atoms with Crippen molar-refractivity contribution >= 4 is 23.3 Å². The fraction of sp³-hybridized carbons (Fsp3) is 0.174. The van der Waals surface area contributed by atoms with Crippen molar-refractivity contribution in [3.8, 4) is 11.5 Å². The number of carboxylic acid groups (broad SMARTS) is 1. The smallest absolute Gasteiger partial charge is 0.337 e. The van der Waals surface area contributed by atoms with Crippen molar-refractivity contribution in [3.63, 3.8) is 0 Å². The van der Waals surface area contributed by atoms with Gasteiger partial charge < -0.3 is 19.9 Å². The number of benzene rings is 3. The zero-order valence-corrected chi connectivity index (χ0v) is 17.0. The van der Waals surface area contributed by atoms with Crippen molar-refractivity contribution in [2.45, 2.75) is 20.1 Å². The molecule has 0 heterocycles. The number of aromatic carboxylic acids is 1. The van der Waals surface area contributed by atoms with Crippen LogP contribution >= 0.6 is 11.6 Å². The van der Waals surface area contributed by atoms with Crippen LogP contribution in [0.25, 0.3) is 0 Å². The van der Waals surface area contributed by atoms with Crippen LogP contribution in [-0.4, -0.2) is 18.2 Å². The van der Waals surface area contributed by atoms with Gasteiger partial charge in [-0.1, -0.05) is 48.0 Å². The van der Waals surface area contributed by atoms with Crippen molar-refractivity contribution in [1.29, 1.82) is 0 Å². The third-order valence-electron chi connectivity index (χ3n) is 4.60. The lowest BCUT2D eigenvalue weighted by molar-refractivity contribution is 0.0697. The summed E-state index contributed by atoms with van der Waals surface area (Å²) in [6, 6.07) is 18.5. The van der Waals surface area contributed by atoms with Gasteiger partial charge in [-0.05, 0) is 42.3 Å². The first-order valence-corrected chi connectivity index (χ1v) is 9.47. The van der Waals surface area contributed by atoms with Crippen LogP contribution in [0, 0.1) is 6.92 Å². The number of nitrogens with one attached hydrogen (secondary N) is 1. The van der Waals surface area contributed by atoms with Crippen LogP contribution in [0.5, 0.6) is 11.5 Å². The highest BCUT2D eigenvalue weighted by atomic mass is 35.5. The van der Waals surface area contributed by atoms with Crippen molar-refractivity contribution in [2.24, 2.45) is 0 Å². The average Bonchev–Trinajstić information content (AvgIpc) is 2.71. The molecular formula is C23H22ClNO4. The minimum absolute atomic E-state index is 0.0702. The third kappa shape index (κ3) is 5.00. The number of carbonyl (C=O) groups is 1. The number of methoxy groups -OCH3 is 1. The fourth-order valence-electron chi connectivity index (χ4n) is 2.94. The Morgan fingerprint density at radius 3 is 2.52 bits per heavy atom. The molecule has 3 rings (SSSR count). The molecule has 2 N–H and O–H groups in total. The standard InChI is InChI=1S/C23H22ClNO4/c1-15-6-3-4-7-17(15)14-29-22-16(8-5-9-21(22)28-2)13-25-18-10-11-19(23(26)27)20(24)12-18/h3-12,25H,13-14H2,1-2H3,(H,26,27). The minimum atomic E-state index is -1.05. The van der Waals surface area contributed by atoms with E-state index in [9.17, 15) is 4.79 Å². The molecule has 0 bridgehead atoms. The van der Waals surface area contributed by atoms with Crippen molar-refractivity contribution < 1.29 is 19.4 Å². The molecule has 0 saturated heterocycles. The van der Waals surface area contributed by atoms with E-state index in [4.69, 9.17) is 26.2 Å². The van der Waals surface area contributed by atoms with E-state index >= 15 is 0 Å². The molecule has 3 aromatic carbocycles. The van der Waals surface area contributed by atoms with E-state index in [1.54, 1.807) is 19.2 Å². The Hall–Kier alpha value is -3.18. The van der Waals surface area contributed by atoms with Crippen LogP contribution in [0.1, 0.15) is 27.0 Å². The molecule has 6 heteroatoms. The van der Waals surface area contributed by atoms with E-state index in [2.05, 4.69) is 5.32 Å². The number of rotatable bonds is 8. The van der Waals surface area contributed by atoms with E-state index in [-0.39, 0.29) is 10.6 Å². The van der Waals surface area contributed by atoms with Gasteiger partial charge in [-0.15, -0.1) is 0 Å². The SMILES string of the molecule is COc1cccc(CNc2ccc(C(=O)O)c(Cl)c2)c1OCc1ccccc1C. The molecule has 3 aromatic rings. The molecule has 0 aliphatic rings. The fourth-order valence-corrected chi connectivity index (χ4v) is 3.20. The predicted molar refractivity (Wildman–Crippen MR) is 114 cm³/mol. The van der Waals surface area contributed by atoms with Gasteiger partial charge in [0.1, 0.15) is 6.61 Å². The Kier molecular flexibility index (Phi) is 6.62. The van der Waals surface area contributed by atoms with Crippen molar-refractivity contribution in [3.05, 3.63) is 87.9 Å². The lowest BCUT2D eigenvalue weighted by Gasteiger charge is -2.17. The van der Waals surface area contributed by atoms with Gasteiger partial charge in [-0.2, -0.15) is 0 Å². The minimum Gasteiger partial charge on any atom is -0.493 e. The molecule has 0 fully saturated rings. The van der Waals surface area contributed by atoms with Gasteiger partial charge in [0.05, 0.1) is 17.7 Å². The molecule has 0 atom stereocenters. The summed E-state index contributed by atoms with van der Waals surface area (Å²) in [6.07, 6.45) is 0. The predicted octanol–water partition coefficient (Wildman–Crippen LogP) is 5.55. The van der Waals surface area contributed by atoms with Gasteiger partial charge >= 0.3 is 5.97 Å². The summed E-state index contributed by atoms with van der Waals surface area (Å²) in [5, 5.41) is 12.5. The van der Waals surface area contributed by atoms with Crippen LogP contribution < -0.4 is 14.8 Å². The van der Waals surface area contributed by atoms with E-state index in [1.165, 1.54) is 6.07 Å². The molecule has 29 heavy (non-hydrogen) atoms. The second kappa shape index (κ2) is 9.34. The number of halogens is 1. The summed E-state index contributed by atoms with van der Waals surface area (Å²) in [6.45, 7) is 2.94. The number of anilines is 1. The van der Waals surface area contributed by atoms with Crippen molar-refractivity contribution in [2.75, 3.05) is 12.4 Å². The van der Waals surface area contributed by atoms with Gasteiger partial charge in [0.25, 0.3) is 0 Å². The maximum Gasteiger partial charge on any atom is 0.337 e. The first kappa shape index (κ1) is 20.6. The van der Waals surface area contributed by atoms with E-state index in [0.717, 1.165) is 16.7 Å². The molecule has 0 unspecified atom stereocenters. The average molecular weight is 412 g/mol. The summed E-state index contributed by atoms with van der Waals surface area (Å²) in [5.41, 5.74) is 3.97. The molecule has 150 valence electrons. The number of aryl methyl sites for hydroxylation is 1. The Morgan fingerprint density at radius 1 is 1.07 bits per heavy atom. The Balaban J connectivity index is 1.78. The number of ether oxygens (including phenoxy) is 2. The number of hydrogen-bond acceptors (Lipinski definition) is 4. The van der Waals surface area contributed by atoms with Gasteiger partial charge in [-0.25, -0.2) is 4.79 Å². The zero-order chi connectivity index (χ0) is 20.8. The lowest BCUT2D eigenvalue weighted by Crippen LogP contribution is -2.06. The van der Waals surface area contributed by atoms with E-state index in [1.807, 2.05) is 49.4 Å². The van der Waals surface area contributed by atoms with Gasteiger partial charge in [0.15, 0.2) is 11.5 Å². The number of para-hydroxylation sites is 1. The zero-order valence-electron chi connectivity index (χ0n) is 16.2. The van der Waals surface area contributed by atoms with Gasteiger partial charge in [0.2, 0.25) is 0 Å². The Labute approximate surface area is 174 Å². The Bertz CT molecular complexity index is 1020. The highest BCUT2D eigenvalue weighted by Crippen LogP contribution is 2.33. The molecule has 0 amide bonds. The van der Waals surface area contributed by atoms with Crippen LogP contribution in [0.15, 0.2) is 60.7 Å². The molecular weight excluding hydrogens is 390 g/mol. The summed E-state index contributed by atoms with van der Waals surface area (Å²) in [5.74, 6) is 0.261. The second-order valence-corrected chi connectivity index (χ2v) is 6.92. The lowest BCUT2D eigenvalue weighted by atomic mass is 10.1. The first-order chi connectivity index (χ1) is 14.0. The second-order valence-electron chi connectivity index (χ2n) is 6.52. The number of carboxylic acids is 1. The quantitative estimate of drug-likeness (QED) is 0.509. The van der Waals surface area contributed by atoms with Crippen molar-refractivity contribution in [1.82, 2.24) is 0 Å². The largest absolute Gasteiger partial charge is 0.493 e. The maximum atomic E-state index is 11.1. The highest BCUT2D eigenvalue weighted by Gasteiger charge is 2.13. The number of hydrogen-bond donors (Lipinski definition) is 2. The monoisotopic (exact) mass is 411 g/mol. The molecule has 5 nitrogen and oxygen atoms in total. The molecule has 0 aromatic heterocycles. The molecule has 0 aliphatic carbocycles. The molecule has 0 radical (unpaired) electrons. The molecule has 0 spiro atoms. The summed E-state index contributed by atoms with van der Waals surface area (Å²) in [4.78, 5) is 11.1. The summed E-state index contributed by atoms with van der Waals surface area (Å²) < 4.78 is 11.6. The normalized spacial score (nSPS) is 10.4. The van der Waals surface area contributed by atoms with Gasteiger partial charge in [-0.3, -0.25) is 0 Å². The van der Waals surface area contributed by atoms with Crippen LogP contribution in [-0.2, 0) is 13.2 Å². The topological polar surface area (TPSA) is 67.8 Å². The third-order valence-corrected chi connectivity index (χ3v) is 4.91. The van der Waals surface area contributed by atoms with E-state index < -0.39 is 5.97 Å². The van der Waals surface area contributed by atoms with Crippen LogP contribution in [0.3, 0.4) is 0 Å². The van der Waals surface area contributed by atoms with E-state index in [0.29, 0.717) is 30.3 Å². The van der Waals surface area contributed by atoms with Crippen LogP contribution in [0.4, 0.5) is 5.69 Å². The first-order valence-electron chi connectivity index (χ1n) is 9.09. The Morgan fingerprint density at radius 2 is 1.83 bits per heavy atom. The highest BCUT2D eigenvalue weighted by molar-refractivity contribution is 6.33. The molecule has 0 saturated carbocycles.